The first kappa shape index (κ1) is 20.3. The van der Waals surface area contributed by atoms with Crippen molar-refractivity contribution in [2.24, 2.45) is 0 Å². The van der Waals surface area contributed by atoms with Crippen LogP contribution in [-0.4, -0.2) is 38.8 Å². The third-order valence-electron chi connectivity index (χ3n) is 6.07. The number of ether oxygens (including phenoxy) is 1. The summed E-state index contributed by atoms with van der Waals surface area (Å²) in [6, 6.07) is 21.9. The van der Waals surface area contributed by atoms with Crippen molar-refractivity contribution in [3.05, 3.63) is 96.6 Å². The van der Waals surface area contributed by atoms with Crippen molar-refractivity contribution in [3.8, 4) is 17.1 Å². The SMILES string of the molecule is Cc1ccc(-n2nc(-c3ccc4ccccc4c3)nc2N2C(=O)COC23C=CC(=O)C=C3)cc1. The van der Waals surface area contributed by atoms with Crippen molar-refractivity contribution in [1.29, 1.82) is 0 Å². The van der Waals surface area contributed by atoms with E-state index in [1.165, 1.54) is 17.1 Å². The van der Waals surface area contributed by atoms with Gasteiger partial charge in [-0.2, -0.15) is 9.67 Å². The summed E-state index contributed by atoms with van der Waals surface area (Å²) in [6.45, 7) is 1.88. The Hall–Kier alpha value is -4.36. The van der Waals surface area contributed by atoms with Gasteiger partial charge in [-0.05, 0) is 60.2 Å². The molecule has 1 amide bonds. The third-order valence-corrected chi connectivity index (χ3v) is 6.07. The standard InChI is InChI=1S/C27H20N4O3/c1-18-6-10-22(11-7-18)31-26(30-24(33)17-34-27(30)14-12-23(32)13-15-27)28-25(29-31)21-9-8-19-4-2-3-5-20(19)16-21/h2-16H,17H2,1H3. The van der Waals surface area contributed by atoms with Gasteiger partial charge in [0.1, 0.15) is 6.61 Å². The first-order valence-electron chi connectivity index (χ1n) is 11.0. The van der Waals surface area contributed by atoms with Gasteiger partial charge in [-0.3, -0.25) is 9.59 Å². The maximum Gasteiger partial charge on any atom is 0.258 e. The van der Waals surface area contributed by atoms with E-state index < -0.39 is 5.72 Å². The van der Waals surface area contributed by atoms with E-state index in [2.05, 4.69) is 6.07 Å². The summed E-state index contributed by atoms with van der Waals surface area (Å²) in [6.07, 6.45) is 5.99. The van der Waals surface area contributed by atoms with Crippen molar-refractivity contribution < 1.29 is 14.3 Å². The quantitative estimate of drug-likeness (QED) is 0.471. The maximum absolute atomic E-state index is 13.1. The number of benzene rings is 3. The average Bonchev–Trinajstić information content (AvgIpc) is 3.42. The number of anilines is 1. The fourth-order valence-electron chi connectivity index (χ4n) is 4.29. The highest BCUT2D eigenvalue weighted by Gasteiger charge is 2.48. The number of nitrogens with zero attached hydrogens (tertiary/aromatic N) is 4. The molecule has 1 spiro atoms. The lowest BCUT2D eigenvalue weighted by atomic mass is 10.1. The van der Waals surface area contributed by atoms with Crippen molar-refractivity contribution in [2.45, 2.75) is 12.6 Å². The molecule has 2 aliphatic rings. The fraction of sp³-hybridized carbons (Fsp3) is 0.111. The third kappa shape index (κ3) is 3.25. The van der Waals surface area contributed by atoms with Crippen LogP contribution < -0.4 is 4.90 Å². The van der Waals surface area contributed by atoms with Crippen LogP contribution >= 0.6 is 0 Å². The van der Waals surface area contributed by atoms with Crippen LogP contribution in [0.4, 0.5) is 5.95 Å². The maximum atomic E-state index is 13.1. The van der Waals surface area contributed by atoms with E-state index in [4.69, 9.17) is 14.8 Å². The number of hydrogen-bond acceptors (Lipinski definition) is 5. The van der Waals surface area contributed by atoms with Gasteiger partial charge in [0.05, 0.1) is 5.69 Å². The van der Waals surface area contributed by atoms with Crippen LogP contribution in [0.2, 0.25) is 0 Å². The highest BCUT2D eigenvalue weighted by Crippen LogP contribution is 2.36. The van der Waals surface area contributed by atoms with Crippen LogP contribution in [0, 0.1) is 6.92 Å². The molecule has 2 heterocycles. The van der Waals surface area contributed by atoms with E-state index in [-0.39, 0.29) is 18.3 Å². The Morgan fingerprint density at radius 2 is 1.65 bits per heavy atom. The van der Waals surface area contributed by atoms with Crippen LogP contribution in [0.25, 0.3) is 27.8 Å². The van der Waals surface area contributed by atoms with Crippen LogP contribution in [-0.2, 0) is 14.3 Å². The highest BCUT2D eigenvalue weighted by atomic mass is 16.5. The van der Waals surface area contributed by atoms with Crippen LogP contribution in [0.15, 0.2) is 91.0 Å². The summed E-state index contributed by atoms with van der Waals surface area (Å²) in [5.41, 5.74) is 1.47. The molecular formula is C27H20N4O3. The number of rotatable bonds is 3. The molecule has 0 N–H and O–H groups in total. The molecule has 1 aromatic heterocycles. The second-order valence-corrected chi connectivity index (χ2v) is 8.38. The lowest BCUT2D eigenvalue weighted by molar-refractivity contribution is -0.117. The van der Waals surface area contributed by atoms with Crippen molar-refractivity contribution in [2.75, 3.05) is 11.5 Å². The van der Waals surface area contributed by atoms with Gasteiger partial charge in [-0.25, -0.2) is 4.90 Å². The molecule has 6 rings (SSSR count). The van der Waals surface area contributed by atoms with E-state index in [0.29, 0.717) is 11.8 Å². The highest BCUT2D eigenvalue weighted by molar-refractivity contribution is 6.03. The lowest BCUT2D eigenvalue weighted by Crippen LogP contribution is -2.46. The van der Waals surface area contributed by atoms with Crippen molar-refractivity contribution in [3.63, 3.8) is 0 Å². The molecule has 34 heavy (non-hydrogen) atoms. The van der Waals surface area contributed by atoms with Gasteiger partial charge in [0.25, 0.3) is 5.91 Å². The second kappa shape index (κ2) is 7.60. The van der Waals surface area contributed by atoms with Gasteiger partial charge >= 0.3 is 0 Å². The molecule has 4 aromatic rings. The number of allylic oxidation sites excluding steroid dienone is 2. The van der Waals surface area contributed by atoms with Crippen molar-refractivity contribution in [1.82, 2.24) is 14.8 Å². The molecular weight excluding hydrogens is 428 g/mol. The zero-order valence-electron chi connectivity index (χ0n) is 18.4. The molecule has 3 aromatic carbocycles. The first-order valence-corrected chi connectivity index (χ1v) is 11.0. The van der Waals surface area contributed by atoms with Gasteiger partial charge in [0.2, 0.25) is 5.95 Å². The molecule has 1 fully saturated rings. The predicted molar refractivity (Wildman–Crippen MR) is 128 cm³/mol. The smallest absolute Gasteiger partial charge is 0.258 e. The molecule has 0 bridgehead atoms. The topological polar surface area (TPSA) is 77.3 Å². The number of amides is 1. The largest absolute Gasteiger partial charge is 0.338 e. The number of aromatic nitrogens is 3. The first-order chi connectivity index (χ1) is 16.5. The molecule has 1 saturated heterocycles. The van der Waals surface area contributed by atoms with E-state index >= 15 is 0 Å². The second-order valence-electron chi connectivity index (χ2n) is 8.38. The Labute approximate surface area is 195 Å². The molecule has 0 atom stereocenters. The Morgan fingerprint density at radius 3 is 2.41 bits per heavy atom. The number of carbonyl (C=O) groups excluding carboxylic acids is 2. The summed E-state index contributed by atoms with van der Waals surface area (Å²) < 4.78 is 7.51. The normalized spacial score (nSPS) is 16.8. The van der Waals surface area contributed by atoms with Gasteiger partial charge < -0.3 is 4.74 Å². The van der Waals surface area contributed by atoms with Crippen LogP contribution in [0.3, 0.4) is 0 Å². The Morgan fingerprint density at radius 1 is 0.912 bits per heavy atom. The summed E-state index contributed by atoms with van der Waals surface area (Å²) in [5, 5.41) is 6.99. The minimum atomic E-state index is -1.22. The number of fused-ring (bicyclic) bond motifs is 1. The monoisotopic (exact) mass is 448 g/mol. The summed E-state index contributed by atoms with van der Waals surface area (Å²) in [5.74, 6) is 0.369. The zero-order chi connectivity index (χ0) is 23.3. The molecule has 1 aliphatic heterocycles. The fourth-order valence-corrected chi connectivity index (χ4v) is 4.29. The van der Waals surface area contributed by atoms with Gasteiger partial charge in [0, 0.05) is 5.56 Å². The van der Waals surface area contributed by atoms with E-state index in [1.54, 1.807) is 16.8 Å². The van der Waals surface area contributed by atoms with Crippen LogP contribution in [0.5, 0.6) is 0 Å². The van der Waals surface area contributed by atoms with Gasteiger partial charge in [-0.1, -0.05) is 54.1 Å². The number of hydrogen-bond donors (Lipinski definition) is 0. The molecule has 7 heteroatoms. The van der Waals surface area contributed by atoms with Crippen LogP contribution in [0.1, 0.15) is 5.56 Å². The molecule has 1 aliphatic carbocycles. The van der Waals surface area contributed by atoms with Crippen molar-refractivity contribution >= 4 is 28.4 Å². The number of ketones is 1. The molecule has 166 valence electrons. The Bertz CT molecular complexity index is 1500. The molecule has 7 nitrogen and oxygen atoms in total. The summed E-state index contributed by atoms with van der Waals surface area (Å²) in [4.78, 5) is 31.1. The minimum absolute atomic E-state index is 0.130. The Balaban J connectivity index is 1.54. The van der Waals surface area contributed by atoms with E-state index in [9.17, 15) is 9.59 Å². The summed E-state index contributed by atoms with van der Waals surface area (Å²) >= 11 is 0. The lowest BCUT2D eigenvalue weighted by Gasteiger charge is -2.31. The minimum Gasteiger partial charge on any atom is -0.338 e. The zero-order valence-corrected chi connectivity index (χ0v) is 18.4. The molecule has 0 radical (unpaired) electrons. The number of aryl methyl sites for hydroxylation is 1. The molecule has 0 unspecified atom stereocenters. The number of carbonyl (C=O) groups is 2. The van der Waals surface area contributed by atoms with E-state index in [0.717, 1.165) is 27.6 Å². The van der Waals surface area contributed by atoms with E-state index in [1.807, 2.05) is 67.6 Å². The summed E-state index contributed by atoms with van der Waals surface area (Å²) in [7, 11) is 0. The van der Waals surface area contributed by atoms with Gasteiger partial charge in [-0.15, -0.1) is 5.10 Å². The Kier molecular flexibility index (Phi) is 4.53. The van der Waals surface area contributed by atoms with Gasteiger partial charge in [0.15, 0.2) is 17.3 Å². The average molecular weight is 448 g/mol. The molecule has 0 saturated carbocycles. The predicted octanol–water partition coefficient (Wildman–Crippen LogP) is 4.15.